The van der Waals surface area contributed by atoms with Gasteiger partial charge in [0.2, 0.25) is 0 Å². The summed E-state index contributed by atoms with van der Waals surface area (Å²) in [5.41, 5.74) is 0.617. The molecule has 1 aromatic carbocycles. The molecule has 2 rings (SSSR count). The number of nitrogens with zero attached hydrogens (tertiary/aromatic N) is 1. The molecule has 1 unspecified atom stereocenters. The van der Waals surface area contributed by atoms with Crippen molar-refractivity contribution in [2.24, 2.45) is 0 Å². The molecule has 0 radical (unpaired) electrons. The SMILES string of the molecule is CCN(Cc1c(F)cccc1Cl)C1CCCNC1. The summed E-state index contributed by atoms with van der Waals surface area (Å²) in [5.74, 6) is -0.204. The lowest BCUT2D eigenvalue weighted by Gasteiger charge is -2.34. The molecule has 0 aromatic heterocycles. The monoisotopic (exact) mass is 270 g/mol. The van der Waals surface area contributed by atoms with Crippen LogP contribution in [-0.2, 0) is 6.54 Å². The largest absolute Gasteiger partial charge is 0.315 e. The molecule has 1 aliphatic rings. The Labute approximate surface area is 113 Å². The first-order chi connectivity index (χ1) is 8.72. The van der Waals surface area contributed by atoms with E-state index in [2.05, 4.69) is 17.1 Å². The third-order valence-corrected chi connectivity index (χ3v) is 3.97. The molecule has 1 N–H and O–H groups in total. The van der Waals surface area contributed by atoms with E-state index in [0.29, 0.717) is 23.2 Å². The van der Waals surface area contributed by atoms with Crippen LogP contribution >= 0.6 is 11.6 Å². The predicted molar refractivity (Wildman–Crippen MR) is 73.4 cm³/mol. The van der Waals surface area contributed by atoms with Gasteiger partial charge in [0.25, 0.3) is 0 Å². The molecule has 1 heterocycles. The first-order valence-electron chi connectivity index (χ1n) is 6.60. The van der Waals surface area contributed by atoms with Crippen molar-refractivity contribution < 1.29 is 4.39 Å². The molecule has 0 aliphatic carbocycles. The Hall–Kier alpha value is -0.640. The Morgan fingerprint density at radius 2 is 2.33 bits per heavy atom. The number of halogens is 2. The van der Waals surface area contributed by atoms with E-state index < -0.39 is 0 Å². The van der Waals surface area contributed by atoms with E-state index in [1.165, 1.54) is 18.9 Å². The Morgan fingerprint density at radius 1 is 1.50 bits per heavy atom. The molecule has 1 aromatic rings. The first kappa shape index (κ1) is 13.8. The van der Waals surface area contributed by atoms with Crippen LogP contribution in [-0.4, -0.2) is 30.6 Å². The fourth-order valence-electron chi connectivity index (χ4n) is 2.53. The van der Waals surface area contributed by atoms with Crippen LogP contribution in [0, 0.1) is 5.82 Å². The molecule has 4 heteroatoms. The van der Waals surface area contributed by atoms with Gasteiger partial charge in [-0.15, -0.1) is 0 Å². The smallest absolute Gasteiger partial charge is 0.129 e. The molecule has 0 amide bonds. The summed E-state index contributed by atoms with van der Waals surface area (Å²) in [6, 6.07) is 5.38. The van der Waals surface area contributed by atoms with Gasteiger partial charge in [0.1, 0.15) is 5.82 Å². The van der Waals surface area contributed by atoms with Gasteiger partial charge in [0.15, 0.2) is 0 Å². The van der Waals surface area contributed by atoms with Gasteiger partial charge in [-0.2, -0.15) is 0 Å². The van der Waals surface area contributed by atoms with Crippen LogP contribution < -0.4 is 5.32 Å². The number of nitrogens with one attached hydrogen (secondary N) is 1. The summed E-state index contributed by atoms with van der Waals surface area (Å²) < 4.78 is 13.8. The van der Waals surface area contributed by atoms with Crippen molar-refractivity contribution >= 4 is 11.6 Å². The van der Waals surface area contributed by atoms with Crippen LogP contribution in [0.15, 0.2) is 18.2 Å². The molecule has 1 aliphatic heterocycles. The van der Waals surface area contributed by atoms with Gasteiger partial charge < -0.3 is 5.32 Å². The second-order valence-corrected chi connectivity index (χ2v) is 5.17. The fraction of sp³-hybridized carbons (Fsp3) is 0.571. The zero-order valence-corrected chi connectivity index (χ0v) is 11.5. The third-order valence-electron chi connectivity index (χ3n) is 3.62. The molecule has 0 saturated carbocycles. The number of hydrogen-bond donors (Lipinski definition) is 1. The molecular formula is C14H20ClFN2. The van der Waals surface area contributed by atoms with Crippen molar-refractivity contribution in [2.75, 3.05) is 19.6 Å². The van der Waals surface area contributed by atoms with Crippen molar-refractivity contribution in [2.45, 2.75) is 32.4 Å². The van der Waals surface area contributed by atoms with Gasteiger partial charge >= 0.3 is 0 Å². The molecular weight excluding hydrogens is 251 g/mol. The van der Waals surface area contributed by atoms with Crippen LogP contribution in [0.2, 0.25) is 5.02 Å². The minimum absolute atomic E-state index is 0.204. The van der Waals surface area contributed by atoms with Crippen molar-refractivity contribution in [1.29, 1.82) is 0 Å². The lowest BCUT2D eigenvalue weighted by molar-refractivity contribution is 0.164. The molecule has 100 valence electrons. The summed E-state index contributed by atoms with van der Waals surface area (Å²) in [6.07, 6.45) is 2.36. The maximum atomic E-state index is 13.8. The predicted octanol–water partition coefficient (Wildman–Crippen LogP) is 3.05. The number of benzene rings is 1. The standard InChI is InChI=1S/C14H20ClFN2/c1-2-18(11-5-4-8-17-9-11)10-12-13(15)6-3-7-14(12)16/h3,6-7,11,17H,2,4-5,8-10H2,1H3. The number of rotatable bonds is 4. The zero-order valence-electron chi connectivity index (χ0n) is 10.8. The van der Waals surface area contributed by atoms with E-state index in [4.69, 9.17) is 11.6 Å². The minimum atomic E-state index is -0.204. The second-order valence-electron chi connectivity index (χ2n) is 4.76. The van der Waals surface area contributed by atoms with E-state index in [1.807, 2.05) is 0 Å². The van der Waals surface area contributed by atoms with E-state index in [1.54, 1.807) is 12.1 Å². The molecule has 2 nitrogen and oxygen atoms in total. The second kappa shape index (κ2) is 6.50. The van der Waals surface area contributed by atoms with E-state index in [9.17, 15) is 4.39 Å². The van der Waals surface area contributed by atoms with Gasteiger partial charge in [0, 0.05) is 29.7 Å². The molecule has 0 spiro atoms. The fourth-order valence-corrected chi connectivity index (χ4v) is 2.75. The Kier molecular flexibility index (Phi) is 4.98. The van der Waals surface area contributed by atoms with Gasteiger partial charge in [-0.1, -0.05) is 24.6 Å². The number of likely N-dealkylation sites (N-methyl/N-ethyl adjacent to an activating group) is 1. The Bertz CT molecular complexity index is 371. The summed E-state index contributed by atoms with van der Waals surface area (Å²) in [6.45, 7) is 5.70. The topological polar surface area (TPSA) is 15.3 Å². The van der Waals surface area contributed by atoms with Gasteiger partial charge in [-0.05, 0) is 38.1 Å². The van der Waals surface area contributed by atoms with E-state index in [-0.39, 0.29) is 5.82 Å². The molecule has 1 saturated heterocycles. The highest BCUT2D eigenvalue weighted by Crippen LogP contribution is 2.22. The first-order valence-corrected chi connectivity index (χ1v) is 6.97. The van der Waals surface area contributed by atoms with Crippen molar-refractivity contribution in [3.63, 3.8) is 0 Å². The number of hydrogen-bond acceptors (Lipinski definition) is 2. The Balaban J connectivity index is 2.09. The maximum absolute atomic E-state index is 13.8. The molecule has 18 heavy (non-hydrogen) atoms. The van der Waals surface area contributed by atoms with Crippen LogP contribution in [0.4, 0.5) is 4.39 Å². The highest BCUT2D eigenvalue weighted by molar-refractivity contribution is 6.31. The summed E-state index contributed by atoms with van der Waals surface area (Å²) in [7, 11) is 0. The van der Waals surface area contributed by atoms with Gasteiger partial charge in [0.05, 0.1) is 0 Å². The van der Waals surface area contributed by atoms with Crippen LogP contribution in [0.5, 0.6) is 0 Å². The zero-order chi connectivity index (χ0) is 13.0. The maximum Gasteiger partial charge on any atom is 0.129 e. The highest BCUT2D eigenvalue weighted by Gasteiger charge is 2.21. The lowest BCUT2D eigenvalue weighted by Crippen LogP contribution is -2.45. The van der Waals surface area contributed by atoms with Gasteiger partial charge in [-0.3, -0.25) is 4.90 Å². The van der Waals surface area contributed by atoms with Crippen molar-refractivity contribution in [3.05, 3.63) is 34.6 Å². The van der Waals surface area contributed by atoms with Gasteiger partial charge in [-0.25, -0.2) is 4.39 Å². The number of piperidine rings is 1. The van der Waals surface area contributed by atoms with Crippen molar-refractivity contribution in [1.82, 2.24) is 10.2 Å². The Morgan fingerprint density at radius 3 is 2.94 bits per heavy atom. The molecule has 1 fully saturated rings. The lowest BCUT2D eigenvalue weighted by atomic mass is 10.0. The molecule has 1 atom stereocenters. The quantitative estimate of drug-likeness (QED) is 0.905. The van der Waals surface area contributed by atoms with Crippen molar-refractivity contribution in [3.8, 4) is 0 Å². The summed E-state index contributed by atoms with van der Waals surface area (Å²) in [4.78, 5) is 2.30. The average Bonchev–Trinajstić information content (AvgIpc) is 2.40. The van der Waals surface area contributed by atoms with E-state index >= 15 is 0 Å². The van der Waals surface area contributed by atoms with Crippen LogP contribution in [0.25, 0.3) is 0 Å². The van der Waals surface area contributed by atoms with E-state index in [0.717, 1.165) is 19.6 Å². The van der Waals surface area contributed by atoms with Crippen LogP contribution in [0.3, 0.4) is 0 Å². The highest BCUT2D eigenvalue weighted by atomic mass is 35.5. The summed E-state index contributed by atoms with van der Waals surface area (Å²) in [5, 5.41) is 3.92. The summed E-state index contributed by atoms with van der Waals surface area (Å²) >= 11 is 6.09. The minimum Gasteiger partial charge on any atom is -0.315 e. The third kappa shape index (κ3) is 3.22. The van der Waals surface area contributed by atoms with Crippen LogP contribution in [0.1, 0.15) is 25.3 Å². The normalized spacial score (nSPS) is 20.3. The molecule has 0 bridgehead atoms. The average molecular weight is 271 g/mol.